The zero-order chi connectivity index (χ0) is 14.7. The van der Waals surface area contributed by atoms with Gasteiger partial charge in [0.2, 0.25) is 0 Å². The molecule has 1 N–H and O–H groups in total. The van der Waals surface area contributed by atoms with Crippen molar-refractivity contribution in [2.24, 2.45) is 0 Å². The van der Waals surface area contributed by atoms with E-state index in [2.05, 4.69) is 20.1 Å². The number of carbonyl (C=O) groups excluding carboxylic acids is 1. The van der Waals surface area contributed by atoms with Gasteiger partial charge in [-0.25, -0.2) is 0 Å². The molecule has 110 valence electrons. The third-order valence-corrected chi connectivity index (χ3v) is 3.70. The number of aromatic amines is 1. The van der Waals surface area contributed by atoms with Crippen molar-refractivity contribution < 1.29 is 4.79 Å². The number of pyridine rings is 1. The molecule has 6 nitrogen and oxygen atoms in total. The normalized spacial score (nSPS) is 16.1. The molecular weight excluding hydrogens is 266 g/mol. The van der Waals surface area contributed by atoms with Gasteiger partial charge in [0, 0.05) is 44.6 Å². The molecule has 21 heavy (non-hydrogen) atoms. The number of hydrogen-bond donors (Lipinski definition) is 1. The molecule has 1 fully saturated rings. The number of hydrogen-bond acceptors (Lipinski definition) is 4. The van der Waals surface area contributed by atoms with Crippen LogP contribution < -0.4 is 0 Å². The third-order valence-electron chi connectivity index (χ3n) is 3.70. The number of nitrogens with zero attached hydrogens (tertiary/aromatic N) is 4. The first-order valence-corrected chi connectivity index (χ1v) is 7.16. The number of amides is 1. The van der Waals surface area contributed by atoms with Crippen molar-refractivity contribution in [3.8, 4) is 0 Å². The summed E-state index contributed by atoms with van der Waals surface area (Å²) in [5.74, 6) is 0.0110. The van der Waals surface area contributed by atoms with E-state index >= 15 is 0 Å². The first-order chi connectivity index (χ1) is 10.2. The highest BCUT2D eigenvalue weighted by Crippen LogP contribution is 2.10. The van der Waals surface area contributed by atoms with E-state index in [9.17, 15) is 4.79 Å². The second kappa shape index (κ2) is 6.05. The quantitative estimate of drug-likeness (QED) is 0.916. The summed E-state index contributed by atoms with van der Waals surface area (Å²) >= 11 is 0. The summed E-state index contributed by atoms with van der Waals surface area (Å²) in [6, 6.07) is 7.75. The molecule has 3 heterocycles. The fourth-order valence-electron chi connectivity index (χ4n) is 2.52. The zero-order valence-electron chi connectivity index (χ0n) is 12.1. The van der Waals surface area contributed by atoms with E-state index in [1.54, 1.807) is 6.07 Å². The van der Waals surface area contributed by atoms with Crippen LogP contribution in [0.1, 0.15) is 21.9 Å². The fourth-order valence-corrected chi connectivity index (χ4v) is 2.52. The standard InChI is InChI=1S/C15H19N5O/c1-12-10-14(18-17-12)15(21)20-8-6-19(7-9-20)11-13-4-2-3-5-16-13/h2-5,10H,6-9,11H2,1H3,(H,17,18). The molecular formula is C15H19N5O. The van der Waals surface area contributed by atoms with Crippen molar-refractivity contribution in [3.05, 3.63) is 47.5 Å². The average Bonchev–Trinajstić information content (AvgIpc) is 2.95. The Morgan fingerprint density at radius 1 is 1.29 bits per heavy atom. The molecule has 2 aromatic rings. The molecule has 0 radical (unpaired) electrons. The van der Waals surface area contributed by atoms with Crippen LogP contribution in [0.3, 0.4) is 0 Å². The van der Waals surface area contributed by atoms with E-state index < -0.39 is 0 Å². The number of aryl methyl sites for hydroxylation is 1. The highest BCUT2D eigenvalue weighted by molar-refractivity contribution is 5.92. The zero-order valence-corrected chi connectivity index (χ0v) is 12.1. The van der Waals surface area contributed by atoms with Crippen molar-refractivity contribution in [2.75, 3.05) is 26.2 Å². The first kappa shape index (κ1) is 13.8. The van der Waals surface area contributed by atoms with Crippen LogP contribution in [0.15, 0.2) is 30.5 Å². The van der Waals surface area contributed by atoms with Crippen LogP contribution >= 0.6 is 0 Å². The molecule has 0 aliphatic carbocycles. The topological polar surface area (TPSA) is 65.1 Å². The van der Waals surface area contributed by atoms with Gasteiger partial charge in [0.1, 0.15) is 5.69 Å². The lowest BCUT2D eigenvalue weighted by Gasteiger charge is -2.34. The second-order valence-corrected chi connectivity index (χ2v) is 5.33. The fraction of sp³-hybridized carbons (Fsp3) is 0.400. The van der Waals surface area contributed by atoms with Crippen LogP contribution in [0.2, 0.25) is 0 Å². The molecule has 6 heteroatoms. The highest BCUT2D eigenvalue weighted by atomic mass is 16.2. The van der Waals surface area contributed by atoms with Crippen molar-refractivity contribution in [2.45, 2.75) is 13.5 Å². The lowest BCUT2D eigenvalue weighted by atomic mass is 10.2. The van der Waals surface area contributed by atoms with Crippen molar-refractivity contribution in [1.29, 1.82) is 0 Å². The van der Waals surface area contributed by atoms with Gasteiger partial charge < -0.3 is 4.90 Å². The lowest BCUT2D eigenvalue weighted by molar-refractivity contribution is 0.0621. The molecule has 3 rings (SSSR count). The second-order valence-electron chi connectivity index (χ2n) is 5.33. The minimum Gasteiger partial charge on any atom is -0.335 e. The smallest absolute Gasteiger partial charge is 0.274 e. The molecule has 1 aliphatic heterocycles. The Labute approximate surface area is 123 Å². The monoisotopic (exact) mass is 285 g/mol. The van der Waals surface area contributed by atoms with Gasteiger partial charge in [-0.05, 0) is 25.1 Å². The third kappa shape index (κ3) is 3.28. The van der Waals surface area contributed by atoms with Gasteiger partial charge in [-0.1, -0.05) is 6.07 Å². The van der Waals surface area contributed by atoms with E-state index in [0.29, 0.717) is 5.69 Å². The summed E-state index contributed by atoms with van der Waals surface area (Å²) in [6.45, 7) is 5.94. The van der Waals surface area contributed by atoms with Crippen LogP contribution in [-0.4, -0.2) is 57.1 Å². The first-order valence-electron chi connectivity index (χ1n) is 7.16. The summed E-state index contributed by atoms with van der Waals surface area (Å²) < 4.78 is 0. The summed E-state index contributed by atoms with van der Waals surface area (Å²) in [6.07, 6.45) is 1.81. The summed E-state index contributed by atoms with van der Waals surface area (Å²) in [5.41, 5.74) is 2.48. The van der Waals surface area contributed by atoms with Crippen LogP contribution in [0.25, 0.3) is 0 Å². The van der Waals surface area contributed by atoms with E-state index in [0.717, 1.165) is 44.1 Å². The largest absolute Gasteiger partial charge is 0.335 e. The Kier molecular flexibility index (Phi) is 3.96. The highest BCUT2D eigenvalue weighted by Gasteiger charge is 2.23. The predicted octanol–water partition coefficient (Wildman–Crippen LogP) is 1.07. The lowest BCUT2D eigenvalue weighted by Crippen LogP contribution is -2.48. The van der Waals surface area contributed by atoms with Gasteiger partial charge in [0.05, 0.1) is 5.69 Å². The van der Waals surface area contributed by atoms with Crippen LogP contribution in [0.5, 0.6) is 0 Å². The maximum absolute atomic E-state index is 12.3. The Morgan fingerprint density at radius 3 is 2.71 bits per heavy atom. The minimum atomic E-state index is 0.0110. The molecule has 0 unspecified atom stereocenters. The van der Waals surface area contributed by atoms with E-state index in [-0.39, 0.29) is 5.91 Å². The molecule has 0 atom stereocenters. The average molecular weight is 285 g/mol. The maximum atomic E-state index is 12.3. The number of rotatable bonds is 3. The summed E-state index contributed by atoms with van der Waals surface area (Å²) in [7, 11) is 0. The molecule has 0 bridgehead atoms. The van der Waals surface area contributed by atoms with E-state index in [1.807, 2.05) is 36.2 Å². The van der Waals surface area contributed by atoms with Gasteiger partial charge >= 0.3 is 0 Å². The Morgan fingerprint density at radius 2 is 2.10 bits per heavy atom. The van der Waals surface area contributed by atoms with Gasteiger partial charge in [0.15, 0.2) is 0 Å². The SMILES string of the molecule is Cc1cc(C(=O)N2CCN(Cc3ccccn3)CC2)n[nH]1. The molecule has 0 aromatic carbocycles. The van der Waals surface area contributed by atoms with Crippen LogP contribution in [-0.2, 0) is 6.54 Å². The maximum Gasteiger partial charge on any atom is 0.274 e. The number of aromatic nitrogens is 3. The van der Waals surface area contributed by atoms with E-state index in [1.165, 1.54) is 0 Å². The van der Waals surface area contributed by atoms with Gasteiger partial charge in [0.25, 0.3) is 5.91 Å². The predicted molar refractivity (Wildman–Crippen MR) is 78.7 cm³/mol. The molecule has 1 saturated heterocycles. The number of piperazine rings is 1. The molecule has 2 aromatic heterocycles. The number of carbonyl (C=O) groups is 1. The molecule has 1 aliphatic rings. The van der Waals surface area contributed by atoms with Crippen molar-refractivity contribution in [1.82, 2.24) is 25.0 Å². The van der Waals surface area contributed by atoms with Gasteiger partial charge in [-0.3, -0.25) is 19.8 Å². The van der Waals surface area contributed by atoms with Gasteiger partial charge in [-0.15, -0.1) is 0 Å². The molecule has 0 saturated carbocycles. The molecule has 1 amide bonds. The number of nitrogens with one attached hydrogen (secondary N) is 1. The van der Waals surface area contributed by atoms with Crippen LogP contribution in [0.4, 0.5) is 0 Å². The summed E-state index contributed by atoms with van der Waals surface area (Å²) in [4.78, 5) is 20.8. The summed E-state index contributed by atoms with van der Waals surface area (Å²) in [5, 5.41) is 6.85. The molecule has 0 spiro atoms. The van der Waals surface area contributed by atoms with Crippen molar-refractivity contribution in [3.63, 3.8) is 0 Å². The van der Waals surface area contributed by atoms with Crippen molar-refractivity contribution >= 4 is 5.91 Å². The Bertz CT molecular complexity index is 602. The van der Waals surface area contributed by atoms with E-state index in [4.69, 9.17) is 0 Å². The number of H-pyrrole nitrogens is 1. The Hall–Kier alpha value is -2.21. The Balaban J connectivity index is 1.54. The minimum absolute atomic E-state index is 0.0110. The van der Waals surface area contributed by atoms with Crippen LogP contribution in [0, 0.1) is 6.92 Å². The van der Waals surface area contributed by atoms with Gasteiger partial charge in [-0.2, -0.15) is 5.10 Å².